The summed E-state index contributed by atoms with van der Waals surface area (Å²) in [7, 11) is -4.20. The Bertz CT molecular complexity index is 1400. The Morgan fingerprint density at radius 3 is 2.26 bits per heavy atom. The molecule has 12 heteroatoms. The van der Waals surface area contributed by atoms with Gasteiger partial charge in [0.25, 0.3) is 11.8 Å². The maximum atomic E-state index is 12.8. The van der Waals surface area contributed by atoms with Crippen LogP contribution in [0.4, 0.5) is 5.82 Å². The highest BCUT2D eigenvalue weighted by Crippen LogP contribution is 2.27. The Balaban J connectivity index is 1.60. The molecule has 0 radical (unpaired) electrons. The first-order valence-electron chi connectivity index (χ1n) is 10.6. The fraction of sp³-hybridized carbons (Fsp3) is 0.217. The van der Waals surface area contributed by atoms with Gasteiger partial charge in [0, 0.05) is 12.5 Å². The third kappa shape index (κ3) is 4.97. The third-order valence-corrected chi connectivity index (χ3v) is 7.05. The van der Waals surface area contributed by atoms with Gasteiger partial charge < -0.3 is 0 Å². The van der Waals surface area contributed by atoms with Crippen molar-refractivity contribution >= 4 is 45.2 Å². The Morgan fingerprint density at radius 2 is 1.71 bits per heavy atom. The summed E-state index contributed by atoms with van der Waals surface area (Å²) in [5.74, 6) is -1.46. The predicted octanol–water partition coefficient (Wildman–Crippen LogP) is 3.55. The van der Waals surface area contributed by atoms with Crippen molar-refractivity contribution in [3.63, 3.8) is 0 Å². The first-order chi connectivity index (χ1) is 16.6. The number of fused-ring (bicyclic) bond motifs is 1. The number of hydrogen-bond acceptors (Lipinski definition) is 7. The molecule has 1 aliphatic rings. The predicted molar refractivity (Wildman–Crippen MR) is 129 cm³/mol. The number of carbonyl (C=O) groups excluding carboxylic acids is 2. The molecular weight excluding hydrogens is 494 g/mol. The molecule has 10 nitrogen and oxygen atoms in total. The number of aryl methyl sites for hydroxylation is 2. The van der Waals surface area contributed by atoms with E-state index in [4.69, 9.17) is 15.9 Å². The van der Waals surface area contributed by atoms with E-state index in [-0.39, 0.29) is 28.1 Å². The maximum absolute atomic E-state index is 12.8. The number of aromatic amines is 1. The van der Waals surface area contributed by atoms with Crippen LogP contribution in [0, 0.1) is 19.8 Å². The number of benzene rings is 2. The molecule has 3 aromatic rings. The van der Waals surface area contributed by atoms with Gasteiger partial charge in [0.15, 0.2) is 5.82 Å². The zero-order valence-electron chi connectivity index (χ0n) is 19.1. The highest BCUT2D eigenvalue weighted by atomic mass is 35.5. The van der Waals surface area contributed by atoms with Crippen LogP contribution in [0.3, 0.4) is 0 Å². The molecule has 0 saturated heterocycles. The van der Waals surface area contributed by atoms with Crippen LogP contribution in [0.5, 0.6) is 0 Å². The van der Waals surface area contributed by atoms with E-state index in [2.05, 4.69) is 20.7 Å². The number of amides is 2. The lowest BCUT2D eigenvalue weighted by Crippen LogP contribution is -2.41. The fourth-order valence-electron chi connectivity index (χ4n) is 3.44. The summed E-state index contributed by atoms with van der Waals surface area (Å²) in [6, 6.07) is 12.6. The average Bonchev–Trinajstić information content (AvgIpc) is 3.28. The molecule has 1 aliphatic heterocycles. The van der Waals surface area contributed by atoms with E-state index in [1.807, 2.05) is 6.92 Å². The van der Waals surface area contributed by atoms with Gasteiger partial charge in [-0.15, -0.1) is 4.28 Å². The molecule has 1 unspecified atom stereocenters. The smallest absolute Gasteiger partial charge is 0.279 e. The Morgan fingerprint density at radius 1 is 1.11 bits per heavy atom. The molecule has 0 aliphatic carbocycles. The first kappa shape index (κ1) is 24.6. The second kappa shape index (κ2) is 9.61. The minimum Gasteiger partial charge on any atom is -0.279 e. The van der Waals surface area contributed by atoms with E-state index in [0.717, 1.165) is 10.5 Å². The number of aromatic nitrogens is 2. The van der Waals surface area contributed by atoms with E-state index in [9.17, 15) is 18.0 Å². The molecule has 0 saturated carbocycles. The zero-order chi connectivity index (χ0) is 25.3. The van der Waals surface area contributed by atoms with E-state index >= 15 is 0 Å². The number of halogens is 1. The molecule has 0 fully saturated rings. The van der Waals surface area contributed by atoms with Crippen LogP contribution in [-0.4, -0.2) is 47.7 Å². The average molecular weight is 516 g/mol. The summed E-state index contributed by atoms with van der Waals surface area (Å²) in [5, 5.41) is 6.93. The normalized spacial score (nSPS) is 14.9. The van der Waals surface area contributed by atoms with E-state index in [0.29, 0.717) is 16.8 Å². The summed E-state index contributed by atoms with van der Waals surface area (Å²) in [6.45, 7) is 5.09. The minimum atomic E-state index is -4.20. The van der Waals surface area contributed by atoms with E-state index < -0.39 is 27.9 Å². The topological polar surface area (TPSA) is 134 Å². The van der Waals surface area contributed by atoms with Crippen molar-refractivity contribution in [1.82, 2.24) is 20.6 Å². The molecule has 35 heavy (non-hydrogen) atoms. The van der Waals surface area contributed by atoms with E-state index in [1.165, 1.54) is 12.1 Å². The summed E-state index contributed by atoms with van der Waals surface area (Å²) >= 11 is 6.23. The van der Waals surface area contributed by atoms with Gasteiger partial charge in [-0.25, -0.2) is 10.5 Å². The number of hydroxylamine groups is 1. The van der Waals surface area contributed by atoms with Crippen molar-refractivity contribution in [2.24, 2.45) is 10.9 Å². The van der Waals surface area contributed by atoms with Crippen molar-refractivity contribution in [3.8, 4) is 0 Å². The van der Waals surface area contributed by atoms with Crippen LogP contribution in [0.1, 0.15) is 38.9 Å². The third-order valence-electron chi connectivity index (χ3n) is 5.45. The van der Waals surface area contributed by atoms with Gasteiger partial charge >= 0.3 is 10.1 Å². The van der Waals surface area contributed by atoms with Gasteiger partial charge in [-0.05, 0) is 38.1 Å². The minimum absolute atomic E-state index is 0.00522. The van der Waals surface area contributed by atoms with Crippen molar-refractivity contribution in [2.45, 2.75) is 25.7 Å². The van der Waals surface area contributed by atoms with Gasteiger partial charge in [-0.3, -0.25) is 19.6 Å². The number of nitrogens with zero attached hydrogens (tertiary/aromatic N) is 3. The SMILES string of the molecule is Cc1ccc(S(=O)(=O)ONC(=Nc2n[nH]c(C)c2Cl)C(C)CN2C(=O)c3ccccc3C2=O)cc1. The summed E-state index contributed by atoms with van der Waals surface area (Å²) in [5.41, 5.74) is 4.44. The fourth-order valence-corrected chi connectivity index (χ4v) is 4.33. The molecular formula is C23H22ClN5O5S. The second-order valence-electron chi connectivity index (χ2n) is 8.10. The number of imide groups is 1. The lowest BCUT2D eigenvalue weighted by Gasteiger charge is -2.21. The van der Waals surface area contributed by atoms with Crippen molar-refractivity contribution in [1.29, 1.82) is 0 Å². The molecule has 2 aromatic carbocycles. The number of carbonyl (C=O) groups is 2. The number of H-pyrrole nitrogens is 1. The summed E-state index contributed by atoms with van der Waals surface area (Å²) in [6.07, 6.45) is 0. The highest BCUT2D eigenvalue weighted by Gasteiger charge is 2.36. The zero-order valence-corrected chi connectivity index (χ0v) is 20.6. The molecule has 0 spiro atoms. The van der Waals surface area contributed by atoms with Gasteiger partial charge in [-0.1, -0.05) is 48.4 Å². The largest absolute Gasteiger partial charge is 0.317 e. The summed E-state index contributed by atoms with van der Waals surface area (Å²) in [4.78, 5) is 30.9. The van der Waals surface area contributed by atoms with Crippen LogP contribution in [0.25, 0.3) is 0 Å². The standard InChI is InChI=1S/C23H22ClN5O5S/c1-13-8-10-16(11-9-13)35(32,33)34-28-20(25-21-19(24)15(3)26-27-21)14(2)12-29-22(30)17-6-4-5-7-18(17)23(29)31/h4-11,14H,12H2,1-3H3,(H2,25,26,27,28). The lowest BCUT2D eigenvalue weighted by atomic mass is 10.1. The quantitative estimate of drug-likeness (QED) is 0.213. The van der Waals surface area contributed by atoms with Gasteiger partial charge in [0.1, 0.15) is 10.9 Å². The van der Waals surface area contributed by atoms with Crippen molar-refractivity contribution in [3.05, 3.63) is 75.9 Å². The Hall–Kier alpha value is -3.54. The maximum Gasteiger partial charge on any atom is 0.317 e. The van der Waals surface area contributed by atoms with Gasteiger partial charge in [0.05, 0.1) is 21.7 Å². The molecule has 0 bridgehead atoms. The molecule has 2 amide bonds. The molecule has 1 atom stereocenters. The van der Waals surface area contributed by atoms with Crippen LogP contribution < -0.4 is 5.48 Å². The molecule has 182 valence electrons. The first-order valence-corrected chi connectivity index (χ1v) is 12.4. The van der Waals surface area contributed by atoms with Crippen molar-refractivity contribution < 1.29 is 22.3 Å². The number of rotatable bonds is 7. The Kier molecular flexibility index (Phi) is 6.75. The number of amidine groups is 1. The molecule has 2 heterocycles. The van der Waals surface area contributed by atoms with Crippen LogP contribution in [0.2, 0.25) is 5.02 Å². The molecule has 1 aromatic heterocycles. The van der Waals surface area contributed by atoms with E-state index in [1.54, 1.807) is 50.2 Å². The lowest BCUT2D eigenvalue weighted by molar-refractivity contribution is 0.0642. The van der Waals surface area contributed by atoms with Crippen LogP contribution in [0.15, 0.2) is 58.4 Å². The Labute approximate surface area is 207 Å². The number of nitrogens with one attached hydrogen (secondary N) is 2. The highest BCUT2D eigenvalue weighted by molar-refractivity contribution is 7.86. The second-order valence-corrected chi connectivity index (χ2v) is 10.0. The van der Waals surface area contributed by atoms with Gasteiger partial charge in [0.2, 0.25) is 0 Å². The van der Waals surface area contributed by atoms with Crippen LogP contribution >= 0.6 is 11.6 Å². The monoisotopic (exact) mass is 515 g/mol. The molecule has 2 N–H and O–H groups in total. The summed E-state index contributed by atoms with van der Waals surface area (Å²) < 4.78 is 30.4. The van der Waals surface area contributed by atoms with Crippen LogP contribution in [-0.2, 0) is 14.4 Å². The number of hydrogen-bond donors (Lipinski definition) is 2. The van der Waals surface area contributed by atoms with Crippen molar-refractivity contribution in [2.75, 3.05) is 6.54 Å². The number of aliphatic imine (C=N–C) groups is 1. The molecule has 4 rings (SSSR count). The van der Waals surface area contributed by atoms with Gasteiger partial charge in [-0.2, -0.15) is 13.5 Å².